The van der Waals surface area contributed by atoms with Gasteiger partial charge in [-0.25, -0.2) is 4.98 Å². The molecule has 3 aromatic rings. The first-order valence-electron chi connectivity index (χ1n) is 10.7. The number of nitrogens with zero attached hydrogens (tertiary/aromatic N) is 4. The minimum atomic E-state index is -0.0336. The second-order valence-electron chi connectivity index (χ2n) is 7.90. The molecule has 3 heterocycles. The van der Waals surface area contributed by atoms with E-state index in [2.05, 4.69) is 11.9 Å². The van der Waals surface area contributed by atoms with Crippen molar-refractivity contribution in [2.75, 3.05) is 32.4 Å². The van der Waals surface area contributed by atoms with Crippen LogP contribution in [-0.4, -0.2) is 57.7 Å². The van der Waals surface area contributed by atoms with Gasteiger partial charge in [0.05, 0.1) is 16.8 Å². The second kappa shape index (κ2) is 9.14. The van der Waals surface area contributed by atoms with Crippen molar-refractivity contribution >= 4 is 39.2 Å². The van der Waals surface area contributed by atoms with E-state index >= 15 is 0 Å². The molecule has 0 fully saturated rings. The maximum atomic E-state index is 13.7. The van der Waals surface area contributed by atoms with Gasteiger partial charge in [0.1, 0.15) is 4.83 Å². The van der Waals surface area contributed by atoms with Gasteiger partial charge in [-0.05, 0) is 51.9 Å². The summed E-state index contributed by atoms with van der Waals surface area (Å²) in [6, 6.07) is 7.90. The first-order valence-corrected chi connectivity index (χ1v) is 12.5. The number of thiophene rings is 1. The Hall–Kier alpha value is -2.16. The fraction of sp³-hybridized carbons (Fsp3) is 0.435. The maximum absolute atomic E-state index is 13.7. The maximum Gasteiger partial charge on any atom is 0.267 e. The number of benzene rings is 1. The molecule has 0 spiro atoms. The van der Waals surface area contributed by atoms with Gasteiger partial charge in [0.25, 0.3) is 5.56 Å². The Labute approximate surface area is 190 Å². The van der Waals surface area contributed by atoms with Crippen LogP contribution in [0.5, 0.6) is 0 Å². The molecule has 1 aliphatic heterocycles. The van der Waals surface area contributed by atoms with Gasteiger partial charge >= 0.3 is 0 Å². The molecule has 164 valence electrons. The third-order valence-electron chi connectivity index (χ3n) is 5.77. The average molecular weight is 457 g/mol. The number of rotatable bonds is 6. The van der Waals surface area contributed by atoms with Gasteiger partial charge in [-0.2, -0.15) is 0 Å². The first kappa shape index (κ1) is 22.0. The number of carbonyl (C=O) groups is 1. The van der Waals surface area contributed by atoms with E-state index in [4.69, 9.17) is 4.98 Å². The zero-order valence-corrected chi connectivity index (χ0v) is 20.1. The largest absolute Gasteiger partial charge is 0.343 e. The molecule has 4 rings (SSSR count). The molecule has 0 saturated heterocycles. The first-order chi connectivity index (χ1) is 14.9. The lowest BCUT2D eigenvalue weighted by atomic mass is 10.1. The van der Waals surface area contributed by atoms with Crippen LogP contribution in [0.3, 0.4) is 0 Å². The lowest BCUT2D eigenvalue weighted by Gasteiger charge is -2.22. The predicted molar refractivity (Wildman–Crippen MR) is 129 cm³/mol. The van der Waals surface area contributed by atoms with Crippen LogP contribution in [-0.2, 0) is 17.8 Å². The smallest absolute Gasteiger partial charge is 0.267 e. The Kier molecular flexibility index (Phi) is 6.50. The zero-order valence-electron chi connectivity index (χ0n) is 18.5. The van der Waals surface area contributed by atoms with Gasteiger partial charge in [0.15, 0.2) is 5.16 Å². The van der Waals surface area contributed by atoms with Crippen molar-refractivity contribution in [2.45, 2.75) is 38.9 Å². The molecule has 0 N–H and O–H groups in total. The van der Waals surface area contributed by atoms with E-state index in [1.807, 2.05) is 45.0 Å². The van der Waals surface area contributed by atoms with Gasteiger partial charge < -0.3 is 9.80 Å². The average Bonchev–Trinajstić information content (AvgIpc) is 3.11. The molecule has 0 bridgehead atoms. The Bertz CT molecular complexity index is 1160. The highest BCUT2D eigenvalue weighted by Gasteiger charge is 2.25. The van der Waals surface area contributed by atoms with Crippen molar-refractivity contribution < 1.29 is 4.79 Å². The van der Waals surface area contributed by atoms with E-state index < -0.39 is 0 Å². The topological polar surface area (TPSA) is 58.4 Å². The minimum absolute atomic E-state index is 0.0336. The summed E-state index contributed by atoms with van der Waals surface area (Å²) in [6.45, 7) is 9.13. The zero-order chi connectivity index (χ0) is 22.1. The van der Waals surface area contributed by atoms with E-state index in [9.17, 15) is 9.59 Å². The summed E-state index contributed by atoms with van der Waals surface area (Å²) in [5, 5.41) is 1.32. The number of fused-ring (bicyclic) bond motifs is 3. The third kappa shape index (κ3) is 4.29. The highest BCUT2D eigenvalue weighted by molar-refractivity contribution is 7.99. The Balaban J connectivity index is 1.83. The number of amides is 1. The van der Waals surface area contributed by atoms with Crippen LogP contribution in [0, 0.1) is 6.92 Å². The number of carbonyl (C=O) groups excluding carboxylic acids is 1. The molecule has 8 heteroatoms. The molecule has 0 unspecified atom stereocenters. The summed E-state index contributed by atoms with van der Waals surface area (Å²) in [7, 11) is 2.10. The summed E-state index contributed by atoms with van der Waals surface area (Å²) in [5.74, 6) is 0.325. The molecule has 31 heavy (non-hydrogen) atoms. The van der Waals surface area contributed by atoms with Crippen LogP contribution in [0.4, 0.5) is 0 Å². The van der Waals surface area contributed by atoms with Gasteiger partial charge in [0, 0.05) is 31.1 Å². The monoisotopic (exact) mass is 456 g/mol. The molecule has 6 nitrogen and oxygen atoms in total. The molecule has 1 aromatic carbocycles. The molecule has 0 aliphatic carbocycles. The summed E-state index contributed by atoms with van der Waals surface area (Å²) in [6.07, 6.45) is 0.865. The number of aryl methyl sites for hydroxylation is 1. The molecule has 1 aliphatic rings. The number of hydrogen-bond acceptors (Lipinski definition) is 6. The van der Waals surface area contributed by atoms with Crippen molar-refractivity contribution in [1.82, 2.24) is 19.4 Å². The Morgan fingerprint density at radius 1 is 1.23 bits per heavy atom. The van der Waals surface area contributed by atoms with Crippen LogP contribution in [0.2, 0.25) is 0 Å². The van der Waals surface area contributed by atoms with Crippen LogP contribution >= 0.6 is 23.1 Å². The standard InChI is InChI=1S/C23H28N4O2S2/c1-5-26(6-2)19(28)14-30-23-24-21-20(17-11-12-25(4)13-18(17)31-21)22(29)27(23)16-9-7-15(3)8-10-16/h7-10H,5-6,11-14H2,1-4H3. The van der Waals surface area contributed by atoms with Crippen molar-refractivity contribution in [3.63, 3.8) is 0 Å². The lowest BCUT2D eigenvalue weighted by molar-refractivity contribution is -0.127. The predicted octanol–water partition coefficient (Wildman–Crippen LogP) is 3.70. The van der Waals surface area contributed by atoms with E-state index in [0.29, 0.717) is 18.2 Å². The van der Waals surface area contributed by atoms with Crippen molar-refractivity contribution in [3.05, 3.63) is 50.6 Å². The van der Waals surface area contributed by atoms with Gasteiger partial charge in [0.2, 0.25) is 5.91 Å². The number of thioether (sulfide) groups is 1. The summed E-state index contributed by atoms with van der Waals surface area (Å²) < 4.78 is 1.69. The fourth-order valence-corrected chi connectivity index (χ4v) is 6.22. The van der Waals surface area contributed by atoms with Crippen LogP contribution in [0.15, 0.2) is 34.2 Å². The van der Waals surface area contributed by atoms with E-state index in [1.165, 1.54) is 16.6 Å². The lowest BCUT2D eigenvalue weighted by Crippen LogP contribution is -2.32. The molecule has 0 radical (unpaired) electrons. The molecular formula is C23H28N4O2S2. The third-order valence-corrected chi connectivity index (χ3v) is 7.80. The van der Waals surface area contributed by atoms with Gasteiger partial charge in [-0.15, -0.1) is 11.3 Å². The summed E-state index contributed by atoms with van der Waals surface area (Å²) in [5.41, 5.74) is 3.03. The van der Waals surface area contributed by atoms with Crippen LogP contribution in [0.25, 0.3) is 15.9 Å². The van der Waals surface area contributed by atoms with E-state index in [0.717, 1.165) is 46.5 Å². The molecule has 2 aromatic heterocycles. The van der Waals surface area contributed by atoms with E-state index in [1.54, 1.807) is 20.8 Å². The van der Waals surface area contributed by atoms with Crippen molar-refractivity contribution in [1.29, 1.82) is 0 Å². The highest BCUT2D eigenvalue weighted by atomic mass is 32.2. The summed E-state index contributed by atoms with van der Waals surface area (Å²) in [4.78, 5) is 37.3. The van der Waals surface area contributed by atoms with Crippen LogP contribution < -0.4 is 5.56 Å². The van der Waals surface area contributed by atoms with Gasteiger partial charge in [-0.3, -0.25) is 14.2 Å². The van der Waals surface area contributed by atoms with Crippen molar-refractivity contribution in [2.24, 2.45) is 0 Å². The number of likely N-dealkylation sites (N-methyl/N-ethyl adjacent to an activating group) is 1. The molecule has 0 atom stereocenters. The SMILES string of the molecule is CCN(CC)C(=O)CSc1nc2sc3c(c2c(=O)n1-c1ccc(C)cc1)CCN(C)C3. The van der Waals surface area contributed by atoms with Gasteiger partial charge in [-0.1, -0.05) is 29.5 Å². The fourth-order valence-electron chi connectivity index (χ4n) is 3.96. The normalized spacial score (nSPS) is 14.1. The number of aromatic nitrogens is 2. The van der Waals surface area contributed by atoms with Crippen LogP contribution in [0.1, 0.15) is 29.9 Å². The Morgan fingerprint density at radius 2 is 1.94 bits per heavy atom. The quantitative estimate of drug-likeness (QED) is 0.418. The molecule has 0 saturated carbocycles. The summed E-state index contributed by atoms with van der Waals surface area (Å²) >= 11 is 2.96. The van der Waals surface area contributed by atoms with Crippen molar-refractivity contribution in [3.8, 4) is 5.69 Å². The minimum Gasteiger partial charge on any atom is -0.343 e. The highest BCUT2D eigenvalue weighted by Crippen LogP contribution is 2.34. The van der Waals surface area contributed by atoms with E-state index in [-0.39, 0.29) is 17.2 Å². The Morgan fingerprint density at radius 3 is 2.61 bits per heavy atom. The molecule has 1 amide bonds. The number of hydrogen-bond donors (Lipinski definition) is 0. The molecular weight excluding hydrogens is 428 g/mol. The second-order valence-corrected chi connectivity index (χ2v) is 9.92.